The second-order valence-electron chi connectivity index (χ2n) is 1.25. The molecule has 1 N–H and O–H groups in total. The summed E-state index contributed by atoms with van der Waals surface area (Å²) >= 11 is 0. The van der Waals surface area contributed by atoms with Crippen LogP contribution in [0.4, 0.5) is 0 Å². The van der Waals surface area contributed by atoms with E-state index >= 15 is 0 Å². The van der Waals surface area contributed by atoms with Gasteiger partial charge in [0, 0.05) is 0 Å². The summed E-state index contributed by atoms with van der Waals surface area (Å²) in [5.41, 5.74) is 3.00. The van der Waals surface area contributed by atoms with Crippen LogP contribution in [-0.4, -0.2) is 20.4 Å². The lowest BCUT2D eigenvalue weighted by Crippen LogP contribution is -2.10. The summed E-state index contributed by atoms with van der Waals surface area (Å²) in [7, 11) is 2.95. The summed E-state index contributed by atoms with van der Waals surface area (Å²) in [5.74, 6) is 0. The standard InChI is InChI=1S/C5H10N2O2/c1-5(7-9-3)4-6-8-2/h4,7H,1H2,2-3H3. The molecule has 4 heteroatoms. The molecule has 0 saturated carbocycles. The van der Waals surface area contributed by atoms with Crippen LogP contribution < -0.4 is 5.48 Å². The van der Waals surface area contributed by atoms with E-state index in [0.29, 0.717) is 5.70 Å². The quantitative estimate of drug-likeness (QED) is 0.439. The zero-order valence-corrected chi connectivity index (χ0v) is 5.55. The maximum Gasteiger partial charge on any atom is 0.106 e. The Kier molecular flexibility index (Phi) is 4.53. The van der Waals surface area contributed by atoms with Crippen molar-refractivity contribution in [2.45, 2.75) is 0 Å². The molecule has 0 amide bonds. The van der Waals surface area contributed by atoms with Crippen molar-refractivity contribution in [2.75, 3.05) is 14.2 Å². The molecule has 0 aromatic heterocycles. The molecule has 0 aliphatic rings. The van der Waals surface area contributed by atoms with Gasteiger partial charge in [0.1, 0.15) is 7.11 Å². The normalized spacial score (nSPS) is 9.56. The summed E-state index contributed by atoms with van der Waals surface area (Å²) in [5, 5.41) is 3.42. The minimum Gasteiger partial charge on any atom is -0.399 e. The van der Waals surface area contributed by atoms with Crippen molar-refractivity contribution in [3.05, 3.63) is 12.3 Å². The summed E-state index contributed by atoms with van der Waals surface area (Å²) in [6, 6.07) is 0. The Hall–Kier alpha value is -1.03. The van der Waals surface area contributed by atoms with Gasteiger partial charge >= 0.3 is 0 Å². The maximum atomic E-state index is 4.50. The molecule has 0 spiro atoms. The SMILES string of the molecule is C=C(C=NOC)NOC. The van der Waals surface area contributed by atoms with Gasteiger partial charge in [0.25, 0.3) is 0 Å². The molecule has 0 bridgehead atoms. The van der Waals surface area contributed by atoms with Crippen LogP contribution in [0.5, 0.6) is 0 Å². The van der Waals surface area contributed by atoms with E-state index in [1.807, 2.05) is 0 Å². The van der Waals surface area contributed by atoms with Crippen LogP contribution in [0.1, 0.15) is 0 Å². The molecule has 0 fully saturated rings. The van der Waals surface area contributed by atoms with Crippen molar-refractivity contribution in [1.29, 1.82) is 0 Å². The topological polar surface area (TPSA) is 42.8 Å². The molecule has 0 aliphatic carbocycles. The second kappa shape index (κ2) is 5.11. The molecule has 0 aromatic carbocycles. The molecule has 4 nitrogen and oxygen atoms in total. The molecule has 0 unspecified atom stereocenters. The van der Waals surface area contributed by atoms with E-state index in [4.69, 9.17) is 0 Å². The van der Waals surface area contributed by atoms with E-state index in [1.54, 1.807) is 0 Å². The maximum absolute atomic E-state index is 4.50. The molecule has 0 aromatic rings. The predicted octanol–water partition coefficient (Wildman–Crippen LogP) is 0.283. The number of oxime groups is 1. The Labute approximate surface area is 54.1 Å². The van der Waals surface area contributed by atoms with Gasteiger partial charge in [-0.15, -0.1) is 0 Å². The average Bonchev–Trinajstić information content (AvgIpc) is 1.85. The van der Waals surface area contributed by atoms with Crippen LogP contribution in [0.15, 0.2) is 17.4 Å². The molecule has 0 rings (SSSR count). The first kappa shape index (κ1) is 7.97. The Morgan fingerprint density at radius 2 is 2.33 bits per heavy atom. The van der Waals surface area contributed by atoms with Crippen molar-refractivity contribution in [3.63, 3.8) is 0 Å². The smallest absolute Gasteiger partial charge is 0.106 e. The van der Waals surface area contributed by atoms with E-state index in [0.717, 1.165) is 0 Å². The number of allylic oxidation sites excluding steroid dienone is 1. The Bertz CT molecular complexity index is 112. The van der Waals surface area contributed by atoms with Crippen LogP contribution in [0.25, 0.3) is 0 Å². The van der Waals surface area contributed by atoms with Crippen LogP contribution in [-0.2, 0) is 9.68 Å². The van der Waals surface area contributed by atoms with Crippen molar-refractivity contribution in [1.82, 2.24) is 5.48 Å². The zero-order chi connectivity index (χ0) is 7.11. The Balaban J connectivity index is 3.37. The van der Waals surface area contributed by atoms with E-state index in [-0.39, 0.29) is 0 Å². The molecular formula is C5H10N2O2. The highest BCUT2D eigenvalue weighted by Gasteiger charge is 1.81. The van der Waals surface area contributed by atoms with Gasteiger partial charge in [-0.2, -0.15) is 0 Å². The molecule has 0 saturated heterocycles. The first-order chi connectivity index (χ1) is 4.31. The first-order valence-corrected chi connectivity index (χ1v) is 2.35. The van der Waals surface area contributed by atoms with Gasteiger partial charge in [-0.3, -0.25) is 10.3 Å². The fraction of sp³-hybridized carbons (Fsp3) is 0.400. The minimum absolute atomic E-state index is 0.541. The number of nitrogens with one attached hydrogen (secondary N) is 1. The summed E-state index contributed by atoms with van der Waals surface area (Å²) in [6.45, 7) is 3.52. The third kappa shape index (κ3) is 4.83. The summed E-state index contributed by atoms with van der Waals surface area (Å²) < 4.78 is 0. The summed E-state index contributed by atoms with van der Waals surface area (Å²) in [6.07, 6.45) is 1.41. The van der Waals surface area contributed by atoms with E-state index < -0.39 is 0 Å². The number of nitrogens with zero attached hydrogens (tertiary/aromatic N) is 1. The third-order valence-electron chi connectivity index (χ3n) is 0.547. The Morgan fingerprint density at radius 1 is 1.67 bits per heavy atom. The lowest BCUT2D eigenvalue weighted by atomic mass is 10.6. The third-order valence-corrected chi connectivity index (χ3v) is 0.547. The first-order valence-electron chi connectivity index (χ1n) is 2.35. The molecule has 0 atom stereocenters. The second-order valence-corrected chi connectivity index (χ2v) is 1.25. The highest BCUT2D eigenvalue weighted by atomic mass is 16.6. The van der Waals surface area contributed by atoms with Crippen LogP contribution >= 0.6 is 0 Å². The fourth-order valence-corrected chi connectivity index (χ4v) is 0.274. The van der Waals surface area contributed by atoms with Gasteiger partial charge < -0.3 is 4.84 Å². The fourth-order valence-electron chi connectivity index (χ4n) is 0.274. The lowest BCUT2D eigenvalue weighted by molar-refractivity contribution is 0.123. The largest absolute Gasteiger partial charge is 0.399 e. The van der Waals surface area contributed by atoms with Crippen LogP contribution in [0.3, 0.4) is 0 Å². The highest BCUT2D eigenvalue weighted by Crippen LogP contribution is 1.76. The van der Waals surface area contributed by atoms with Gasteiger partial charge in [0.05, 0.1) is 19.0 Å². The van der Waals surface area contributed by atoms with E-state index in [9.17, 15) is 0 Å². The number of hydroxylamine groups is 1. The van der Waals surface area contributed by atoms with Crippen LogP contribution in [0.2, 0.25) is 0 Å². The molecule has 9 heavy (non-hydrogen) atoms. The lowest BCUT2D eigenvalue weighted by Gasteiger charge is -1.97. The van der Waals surface area contributed by atoms with Crippen molar-refractivity contribution in [2.24, 2.45) is 5.16 Å². The molecular weight excluding hydrogens is 120 g/mol. The highest BCUT2D eigenvalue weighted by molar-refractivity contribution is 5.75. The Morgan fingerprint density at radius 3 is 2.78 bits per heavy atom. The van der Waals surface area contributed by atoms with Gasteiger partial charge in [0.15, 0.2) is 0 Å². The van der Waals surface area contributed by atoms with Gasteiger partial charge in [0.2, 0.25) is 0 Å². The van der Waals surface area contributed by atoms with E-state index in [1.165, 1.54) is 20.4 Å². The number of rotatable bonds is 4. The predicted molar refractivity (Wildman–Crippen MR) is 34.8 cm³/mol. The molecule has 0 aliphatic heterocycles. The molecule has 0 heterocycles. The molecule has 0 radical (unpaired) electrons. The van der Waals surface area contributed by atoms with Crippen molar-refractivity contribution >= 4 is 6.21 Å². The monoisotopic (exact) mass is 130 g/mol. The molecule has 52 valence electrons. The van der Waals surface area contributed by atoms with E-state index in [2.05, 4.69) is 26.9 Å². The number of hydrogen-bond donors (Lipinski definition) is 1. The zero-order valence-electron chi connectivity index (χ0n) is 5.55. The van der Waals surface area contributed by atoms with Gasteiger partial charge in [-0.1, -0.05) is 11.7 Å². The van der Waals surface area contributed by atoms with Crippen LogP contribution in [0, 0.1) is 0 Å². The summed E-state index contributed by atoms with van der Waals surface area (Å²) in [4.78, 5) is 8.88. The number of hydrogen-bond acceptors (Lipinski definition) is 4. The minimum atomic E-state index is 0.541. The van der Waals surface area contributed by atoms with Gasteiger partial charge in [-0.25, -0.2) is 0 Å². The van der Waals surface area contributed by atoms with Gasteiger partial charge in [-0.05, 0) is 0 Å². The van der Waals surface area contributed by atoms with Crippen molar-refractivity contribution < 1.29 is 9.68 Å². The van der Waals surface area contributed by atoms with Crippen molar-refractivity contribution in [3.8, 4) is 0 Å². The average molecular weight is 130 g/mol.